The Balaban J connectivity index is 1.45. The van der Waals surface area contributed by atoms with Crippen LogP contribution in [-0.4, -0.2) is 54.2 Å². The van der Waals surface area contributed by atoms with E-state index in [1.165, 1.54) is 5.56 Å². The summed E-state index contributed by atoms with van der Waals surface area (Å²) >= 11 is 0. The van der Waals surface area contributed by atoms with E-state index in [1.54, 1.807) is 0 Å². The number of nitrogens with one attached hydrogen (secondary N) is 2. The van der Waals surface area contributed by atoms with E-state index in [0.29, 0.717) is 12.6 Å². The predicted octanol–water partition coefficient (Wildman–Crippen LogP) is 3.38. The summed E-state index contributed by atoms with van der Waals surface area (Å²) in [6, 6.07) is 14.7. The highest BCUT2D eigenvalue weighted by Crippen LogP contribution is 2.15. The Kier molecular flexibility index (Phi) is 8.51. The first-order chi connectivity index (χ1) is 14.6. The third-order valence-electron chi connectivity index (χ3n) is 5.22. The second-order valence-electron chi connectivity index (χ2n) is 7.98. The first kappa shape index (κ1) is 22.1. The van der Waals surface area contributed by atoms with Crippen molar-refractivity contribution in [2.45, 2.75) is 52.3 Å². The minimum Gasteiger partial charge on any atom is -0.489 e. The van der Waals surface area contributed by atoms with Crippen molar-refractivity contribution in [3.63, 3.8) is 0 Å². The van der Waals surface area contributed by atoms with Crippen molar-refractivity contribution in [1.82, 2.24) is 20.5 Å². The van der Waals surface area contributed by atoms with Crippen LogP contribution in [-0.2, 0) is 6.54 Å². The van der Waals surface area contributed by atoms with Gasteiger partial charge in [-0.3, -0.25) is 9.88 Å². The van der Waals surface area contributed by atoms with E-state index in [4.69, 9.17) is 9.73 Å². The van der Waals surface area contributed by atoms with Gasteiger partial charge in [-0.1, -0.05) is 18.2 Å². The summed E-state index contributed by atoms with van der Waals surface area (Å²) in [7, 11) is 0. The molecule has 1 saturated heterocycles. The van der Waals surface area contributed by atoms with Gasteiger partial charge in [0.25, 0.3) is 0 Å². The molecular formula is C24H35N5O. The van der Waals surface area contributed by atoms with Gasteiger partial charge in [-0.2, -0.15) is 0 Å². The topological polar surface area (TPSA) is 61.8 Å². The Morgan fingerprint density at radius 1 is 1.23 bits per heavy atom. The Bertz CT molecular complexity index is 787. The molecule has 0 saturated carbocycles. The number of ether oxygens (including phenoxy) is 1. The number of aliphatic imine (C=N–C) groups is 1. The molecule has 1 atom stereocenters. The first-order valence-corrected chi connectivity index (χ1v) is 11.0. The number of aryl methyl sites for hydroxylation is 1. The van der Waals surface area contributed by atoms with Crippen LogP contribution in [0.2, 0.25) is 0 Å². The van der Waals surface area contributed by atoms with Crippen molar-refractivity contribution in [1.29, 1.82) is 0 Å². The van der Waals surface area contributed by atoms with Crippen LogP contribution < -0.4 is 15.4 Å². The smallest absolute Gasteiger partial charge is 0.191 e. The molecule has 6 nitrogen and oxygen atoms in total. The number of rotatable bonds is 8. The number of benzene rings is 1. The van der Waals surface area contributed by atoms with Gasteiger partial charge >= 0.3 is 0 Å². The Morgan fingerprint density at radius 3 is 2.77 bits per heavy atom. The molecule has 1 aliphatic rings. The molecule has 30 heavy (non-hydrogen) atoms. The fourth-order valence-electron chi connectivity index (χ4n) is 3.65. The van der Waals surface area contributed by atoms with Crippen LogP contribution in [0, 0.1) is 6.92 Å². The maximum absolute atomic E-state index is 6.01. The zero-order chi connectivity index (χ0) is 21.2. The quantitative estimate of drug-likeness (QED) is 0.517. The highest BCUT2D eigenvalue weighted by atomic mass is 16.5. The molecule has 0 radical (unpaired) electrons. The third kappa shape index (κ3) is 7.34. The highest BCUT2D eigenvalue weighted by Gasteiger charge is 2.20. The van der Waals surface area contributed by atoms with Crippen LogP contribution in [0.4, 0.5) is 0 Å². The maximum Gasteiger partial charge on any atom is 0.191 e. The Morgan fingerprint density at radius 2 is 2.07 bits per heavy atom. The number of piperidine rings is 1. The molecule has 1 unspecified atom stereocenters. The Hall–Kier alpha value is -2.60. The normalized spacial score (nSPS) is 16.8. The van der Waals surface area contributed by atoms with Crippen molar-refractivity contribution in [3.05, 3.63) is 59.9 Å². The molecule has 1 aromatic heterocycles. The summed E-state index contributed by atoms with van der Waals surface area (Å²) < 4.78 is 6.01. The number of hydrogen-bond acceptors (Lipinski definition) is 4. The van der Waals surface area contributed by atoms with Gasteiger partial charge in [-0.05, 0) is 63.4 Å². The van der Waals surface area contributed by atoms with Gasteiger partial charge in [0.2, 0.25) is 0 Å². The monoisotopic (exact) mass is 409 g/mol. The lowest BCUT2D eigenvalue weighted by molar-refractivity contribution is 0.196. The molecule has 0 bridgehead atoms. The predicted molar refractivity (Wildman–Crippen MR) is 123 cm³/mol. The van der Waals surface area contributed by atoms with E-state index in [9.17, 15) is 0 Å². The summed E-state index contributed by atoms with van der Waals surface area (Å²) in [5, 5.41) is 6.98. The number of hydrogen-bond donors (Lipinski definition) is 2. The lowest BCUT2D eigenvalue weighted by Crippen LogP contribution is -2.48. The number of pyridine rings is 1. The van der Waals surface area contributed by atoms with Gasteiger partial charge in [-0.15, -0.1) is 0 Å². The van der Waals surface area contributed by atoms with Crippen molar-refractivity contribution in [2.75, 3.05) is 26.2 Å². The van der Waals surface area contributed by atoms with Gasteiger partial charge in [0, 0.05) is 38.4 Å². The maximum atomic E-state index is 6.01. The highest BCUT2D eigenvalue weighted by molar-refractivity contribution is 5.80. The van der Waals surface area contributed by atoms with Crippen molar-refractivity contribution >= 4 is 5.96 Å². The second-order valence-corrected chi connectivity index (χ2v) is 7.98. The molecule has 0 aliphatic carbocycles. The van der Waals surface area contributed by atoms with Gasteiger partial charge in [0.15, 0.2) is 5.96 Å². The summed E-state index contributed by atoms with van der Waals surface area (Å²) in [4.78, 5) is 11.7. The molecule has 1 aliphatic heterocycles. The fourth-order valence-corrected chi connectivity index (χ4v) is 3.65. The van der Waals surface area contributed by atoms with E-state index in [1.807, 2.05) is 24.4 Å². The molecule has 3 rings (SSSR count). The van der Waals surface area contributed by atoms with E-state index in [-0.39, 0.29) is 6.10 Å². The summed E-state index contributed by atoms with van der Waals surface area (Å²) in [6.07, 6.45) is 4.09. The van der Waals surface area contributed by atoms with Crippen LogP contribution in [0.25, 0.3) is 0 Å². The second kappa shape index (κ2) is 11.6. The van der Waals surface area contributed by atoms with Gasteiger partial charge < -0.3 is 15.4 Å². The summed E-state index contributed by atoms with van der Waals surface area (Å²) in [5.74, 6) is 1.77. The number of aromatic nitrogens is 1. The average molecular weight is 410 g/mol. The molecule has 2 aromatic rings. The standard InChI is InChI=1S/C24H35N5O/c1-4-25-24(27-17-20(3)30-23-10-7-8-19(2)16-23)28-21-11-14-29(15-12-21)18-22-9-5-6-13-26-22/h5-10,13,16,20-21H,4,11-12,14-15,17-18H2,1-3H3,(H2,25,27,28). The molecule has 2 N–H and O–H groups in total. The molecule has 2 heterocycles. The molecule has 6 heteroatoms. The molecular weight excluding hydrogens is 374 g/mol. The minimum atomic E-state index is 0.0162. The summed E-state index contributed by atoms with van der Waals surface area (Å²) in [5.41, 5.74) is 2.34. The largest absolute Gasteiger partial charge is 0.489 e. The lowest BCUT2D eigenvalue weighted by Gasteiger charge is -2.33. The molecule has 0 amide bonds. The molecule has 1 fully saturated rings. The average Bonchev–Trinajstić information content (AvgIpc) is 2.74. The zero-order valence-corrected chi connectivity index (χ0v) is 18.5. The van der Waals surface area contributed by atoms with Crippen LogP contribution in [0.1, 0.15) is 37.9 Å². The van der Waals surface area contributed by atoms with E-state index in [0.717, 1.165) is 56.4 Å². The number of nitrogens with zero attached hydrogens (tertiary/aromatic N) is 3. The number of guanidine groups is 1. The SMILES string of the molecule is CCNC(=NCC(C)Oc1cccc(C)c1)NC1CCN(Cc2ccccn2)CC1. The fraction of sp³-hybridized carbons (Fsp3) is 0.500. The Labute approximate surface area is 180 Å². The number of likely N-dealkylation sites (tertiary alicyclic amines) is 1. The van der Waals surface area contributed by atoms with E-state index in [2.05, 4.69) is 65.6 Å². The third-order valence-corrected chi connectivity index (χ3v) is 5.22. The molecule has 1 aromatic carbocycles. The van der Waals surface area contributed by atoms with Crippen molar-refractivity contribution in [2.24, 2.45) is 4.99 Å². The van der Waals surface area contributed by atoms with Crippen molar-refractivity contribution < 1.29 is 4.74 Å². The molecule has 162 valence electrons. The van der Waals surface area contributed by atoms with Gasteiger partial charge in [0.05, 0.1) is 12.2 Å². The summed E-state index contributed by atoms with van der Waals surface area (Å²) in [6.45, 7) is 10.8. The van der Waals surface area contributed by atoms with Gasteiger partial charge in [-0.25, -0.2) is 4.99 Å². The lowest BCUT2D eigenvalue weighted by atomic mass is 10.0. The first-order valence-electron chi connectivity index (χ1n) is 11.0. The van der Waals surface area contributed by atoms with Crippen LogP contribution >= 0.6 is 0 Å². The van der Waals surface area contributed by atoms with Gasteiger partial charge in [0.1, 0.15) is 11.9 Å². The van der Waals surface area contributed by atoms with E-state index < -0.39 is 0 Å². The zero-order valence-electron chi connectivity index (χ0n) is 18.5. The van der Waals surface area contributed by atoms with E-state index >= 15 is 0 Å². The van der Waals surface area contributed by atoms with Crippen LogP contribution in [0.5, 0.6) is 5.75 Å². The molecule has 0 spiro atoms. The minimum absolute atomic E-state index is 0.0162. The van der Waals surface area contributed by atoms with Crippen LogP contribution in [0.3, 0.4) is 0 Å². The van der Waals surface area contributed by atoms with Crippen LogP contribution in [0.15, 0.2) is 53.7 Å². The van der Waals surface area contributed by atoms with Crippen molar-refractivity contribution in [3.8, 4) is 5.75 Å².